The molecule has 12 heteroatoms. The van der Waals surface area contributed by atoms with Crippen LogP contribution in [0.1, 0.15) is 28.2 Å². The van der Waals surface area contributed by atoms with Crippen molar-refractivity contribution in [3.05, 3.63) is 64.8 Å². The quantitative estimate of drug-likeness (QED) is 0.594. The summed E-state index contributed by atoms with van der Waals surface area (Å²) in [4.78, 5) is 24.1. The second-order valence-electron chi connectivity index (χ2n) is 6.83. The first-order chi connectivity index (χ1) is 15.3. The highest BCUT2D eigenvalue weighted by molar-refractivity contribution is 6.30. The molecule has 3 heterocycles. The lowest BCUT2D eigenvalue weighted by Gasteiger charge is -2.07. The summed E-state index contributed by atoms with van der Waals surface area (Å²) in [7, 11) is 0. The van der Waals surface area contributed by atoms with Crippen LogP contribution in [0.4, 0.5) is 13.2 Å². The molecule has 1 aliphatic rings. The van der Waals surface area contributed by atoms with Crippen molar-refractivity contribution in [1.29, 1.82) is 0 Å². The summed E-state index contributed by atoms with van der Waals surface area (Å²) >= 11 is 5.88. The molecule has 0 saturated carbocycles. The van der Waals surface area contributed by atoms with E-state index in [2.05, 4.69) is 30.0 Å². The number of carbonyl (C=O) groups is 1. The number of nitrogens with one attached hydrogen (secondary N) is 1. The van der Waals surface area contributed by atoms with Crippen LogP contribution in [0.3, 0.4) is 0 Å². The number of aromatic nitrogens is 3. The van der Waals surface area contributed by atoms with Gasteiger partial charge >= 0.3 is 12.1 Å². The number of halogens is 4. The summed E-state index contributed by atoms with van der Waals surface area (Å²) in [6.07, 6.45) is -1.69. The topological polar surface area (TPSA) is 102 Å². The number of aliphatic imine (C=N–C) groups is 1. The molecule has 1 N–H and O–H groups in total. The zero-order valence-electron chi connectivity index (χ0n) is 16.3. The first kappa shape index (κ1) is 21.8. The van der Waals surface area contributed by atoms with Gasteiger partial charge in [0.2, 0.25) is 11.7 Å². The molecule has 0 saturated heterocycles. The van der Waals surface area contributed by atoms with E-state index in [1.165, 1.54) is 18.5 Å². The number of hydrogen-bond acceptors (Lipinski definition) is 7. The number of carbonyl (C=O) groups excluding carboxylic acids is 1. The van der Waals surface area contributed by atoms with E-state index in [1.807, 2.05) is 12.1 Å². The Bertz CT molecular complexity index is 1150. The third kappa shape index (κ3) is 5.05. The summed E-state index contributed by atoms with van der Waals surface area (Å²) in [5.74, 6) is -1.71. The summed E-state index contributed by atoms with van der Waals surface area (Å²) in [5.41, 5.74) is 1.09. The molecule has 166 valence electrons. The molecule has 3 aromatic rings. The maximum Gasteiger partial charge on any atom is 0.471 e. The maximum absolute atomic E-state index is 12.6. The van der Waals surface area contributed by atoms with Crippen LogP contribution in [0.5, 0.6) is 0 Å². The fourth-order valence-electron chi connectivity index (χ4n) is 2.91. The number of nitrogens with zero attached hydrogens (tertiary/aromatic N) is 4. The van der Waals surface area contributed by atoms with Gasteiger partial charge in [0.1, 0.15) is 6.61 Å². The molecule has 4 rings (SSSR count). The van der Waals surface area contributed by atoms with Gasteiger partial charge in [-0.2, -0.15) is 18.2 Å². The van der Waals surface area contributed by atoms with Crippen LogP contribution in [0.15, 0.2) is 52.2 Å². The Morgan fingerprint density at radius 3 is 2.69 bits per heavy atom. The van der Waals surface area contributed by atoms with Crippen LogP contribution < -0.4 is 5.32 Å². The largest absolute Gasteiger partial charge is 0.475 e. The van der Waals surface area contributed by atoms with Crippen LogP contribution in [-0.4, -0.2) is 46.1 Å². The average molecular weight is 466 g/mol. The predicted molar refractivity (Wildman–Crippen MR) is 107 cm³/mol. The van der Waals surface area contributed by atoms with Gasteiger partial charge in [-0.25, -0.2) is 4.99 Å². The minimum Gasteiger partial charge on any atom is -0.475 e. The van der Waals surface area contributed by atoms with E-state index in [0.29, 0.717) is 30.5 Å². The van der Waals surface area contributed by atoms with Gasteiger partial charge in [0.25, 0.3) is 5.91 Å². The monoisotopic (exact) mass is 465 g/mol. The minimum atomic E-state index is -4.76. The van der Waals surface area contributed by atoms with Crippen molar-refractivity contribution >= 4 is 23.4 Å². The second-order valence-corrected chi connectivity index (χ2v) is 7.27. The van der Waals surface area contributed by atoms with Gasteiger partial charge in [0, 0.05) is 35.1 Å². The third-order valence-corrected chi connectivity index (χ3v) is 4.75. The molecule has 1 amide bonds. The molecule has 0 spiro atoms. The van der Waals surface area contributed by atoms with Crippen molar-refractivity contribution in [2.75, 3.05) is 13.2 Å². The normalized spacial score (nSPS) is 15.9. The van der Waals surface area contributed by atoms with Crippen molar-refractivity contribution in [3.63, 3.8) is 0 Å². The summed E-state index contributed by atoms with van der Waals surface area (Å²) in [6.45, 7) is 0.707. The van der Waals surface area contributed by atoms with E-state index in [-0.39, 0.29) is 23.0 Å². The Balaban J connectivity index is 1.33. The first-order valence-corrected chi connectivity index (χ1v) is 9.78. The molecule has 0 bridgehead atoms. The van der Waals surface area contributed by atoms with E-state index in [4.69, 9.17) is 16.3 Å². The van der Waals surface area contributed by atoms with E-state index in [9.17, 15) is 18.0 Å². The molecule has 1 aromatic carbocycles. The van der Waals surface area contributed by atoms with Crippen LogP contribution in [0.2, 0.25) is 5.02 Å². The van der Waals surface area contributed by atoms with Crippen LogP contribution in [-0.2, 0) is 10.9 Å². The number of amides is 1. The van der Waals surface area contributed by atoms with Crippen LogP contribution in [0.25, 0.3) is 11.4 Å². The predicted octanol–water partition coefficient (Wildman–Crippen LogP) is 3.77. The molecule has 0 aliphatic carbocycles. The summed E-state index contributed by atoms with van der Waals surface area (Å²) in [5, 5.41) is 6.64. The Morgan fingerprint density at radius 2 is 1.97 bits per heavy atom. The molecule has 2 aromatic heterocycles. The van der Waals surface area contributed by atoms with E-state index in [1.54, 1.807) is 12.1 Å². The number of benzene rings is 1. The average Bonchev–Trinajstić information content (AvgIpc) is 3.44. The van der Waals surface area contributed by atoms with Crippen LogP contribution >= 0.6 is 11.6 Å². The van der Waals surface area contributed by atoms with Gasteiger partial charge in [0.05, 0.1) is 11.6 Å². The SMILES string of the molecule is O=C(NCCC1COC(c2ccc(Cl)cc2)=N1)c1cncc(-c2noc(C(F)(F)F)n2)c1. The lowest BCUT2D eigenvalue weighted by Crippen LogP contribution is -2.27. The zero-order valence-corrected chi connectivity index (χ0v) is 17.0. The number of alkyl halides is 3. The Morgan fingerprint density at radius 1 is 1.19 bits per heavy atom. The van der Waals surface area contributed by atoms with E-state index in [0.717, 1.165) is 5.56 Å². The second kappa shape index (κ2) is 8.95. The standard InChI is InChI=1S/C20H15ClF3N5O3/c21-14-3-1-11(2-4-14)18-27-15(10-31-18)5-6-26-17(30)13-7-12(8-25-9-13)16-28-19(32-29-16)20(22,23)24/h1-4,7-9,15H,5-6,10H2,(H,26,30). The molecule has 0 fully saturated rings. The van der Waals surface area contributed by atoms with Crippen LogP contribution in [0, 0.1) is 0 Å². The van der Waals surface area contributed by atoms with Crippen molar-refractivity contribution in [1.82, 2.24) is 20.4 Å². The first-order valence-electron chi connectivity index (χ1n) is 9.40. The lowest BCUT2D eigenvalue weighted by molar-refractivity contribution is -0.159. The number of hydrogen-bond donors (Lipinski definition) is 1. The molecule has 1 aliphatic heterocycles. The summed E-state index contributed by atoms with van der Waals surface area (Å²) in [6, 6.07) is 8.33. The molecule has 32 heavy (non-hydrogen) atoms. The van der Waals surface area contributed by atoms with Gasteiger partial charge in [-0.05, 0) is 36.8 Å². The number of pyridine rings is 1. The maximum atomic E-state index is 12.6. The number of rotatable bonds is 6. The van der Waals surface area contributed by atoms with Crippen molar-refractivity contribution in [3.8, 4) is 11.4 Å². The molecule has 1 unspecified atom stereocenters. The minimum absolute atomic E-state index is 0.120. The highest BCUT2D eigenvalue weighted by Crippen LogP contribution is 2.29. The molecular formula is C20H15ClF3N5O3. The van der Waals surface area contributed by atoms with E-state index >= 15 is 0 Å². The van der Waals surface area contributed by atoms with Gasteiger partial charge in [-0.1, -0.05) is 16.8 Å². The molecular weight excluding hydrogens is 451 g/mol. The fraction of sp³-hybridized carbons (Fsp3) is 0.250. The molecule has 0 radical (unpaired) electrons. The van der Waals surface area contributed by atoms with Gasteiger partial charge in [-0.15, -0.1) is 0 Å². The Labute approximate surface area is 184 Å². The smallest absolute Gasteiger partial charge is 0.471 e. The lowest BCUT2D eigenvalue weighted by atomic mass is 10.2. The molecule has 1 atom stereocenters. The van der Waals surface area contributed by atoms with E-state index < -0.39 is 18.0 Å². The van der Waals surface area contributed by atoms with Gasteiger partial charge < -0.3 is 14.6 Å². The Hall–Kier alpha value is -3.47. The zero-order chi connectivity index (χ0) is 22.7. The van der Waals surface area contributed by atoms with Crippen molar-refractivity contribution in [2.45, 2.75) is 18.6 Å². The van der Waals surface area contributed by atoms with Gasteiger partial charge in [-0.3, -0.25) is 9.78 Å². The highest BCUT2D eigenvalue weighted by Gasteiger charge is 2.38. The van der Waals surface area contributed by atoms with Crippen molar-refractivity contribution in [2.24, 2.45) is 4.99 Å². The highest BCUT2D eigenvalue weighted by atomic mass is 35.5. The van der Waals surface area contributed by atoms with Crippen molar-refractivity contribution < 1.29 is 27.2 Å². The fourth-order valence-corrected chi connectivity index (χ4v) is 3.04. The third-order valence-electron chi connectivity index (χ3n) is 4.49. The molecule has 8 nitrogen and oxygen atoms in total. The van der Waals surface area contributed by atoms with Gasteiger partial charge in [0.15, 0.2) is 0 Å². The Kier molecular flexibility index (Phi) is 6.08. The number of ether oxygens (including phenoxy) is 1. The summed E-state index contributed by atoms with van der Waals surface area (Å²) < 4.78 is 47.7.